The van der Waals surface area contributed by atoms with Crippen molar-refractivity contribution in [3.8, 4) is 0 Å². The summed E-state index contributed by atoms with van der Waals surface area (Å²) in [7, 11) is 0. The summed E-state index contributed by atoms with van der Waals surface area (Å²) in [5.41, 5.74) is 5.57. The topological polar surface area (TPSA) is 55.1 Å². The van der Waals surface area contributed by atoms with Gasteiger partial charge in [0.05, 0.1) is 10.6 Å². The van der Waals surface area contributed by atoms with E-state index in [9.17, 15) is 4.79 Å². The summed E-state index contributed by atoms with van der Waals surface area (Å²) in [5, 5.41) is 0.401. The molecule has 1 aliphatic carbocycles. The quantitative estimate of drug-likeness (QED) is 0.796. The van der Waals surface area contributed by atoms with Gasteiger partial charge in [-0.2, -0.15) is 0 Å². The molecule has 0 atom stereocenters. The van der Waals surface area contributed by atoms with Crippen LogP contribution in [0.4, 0.5) is 0 Å². The summed E-state index contributed by atoms with van der Waals surface area (Å²) in [6.45, 7) is 0. The van der Waals surface area contributed by atoms with Crippen LogP contribution < -0.4 is 10.5 Å². The highest BCUT2D eigenvalue weighted by Gasteiger charge is 2.20. The summed E-state index contributed by atoms with van der Waals surface area (Å²) < 4.78 is 3.28. The maximum atomic E-state index is 11.0. The van der Waals surface area contributed by atoms with Gasteiger partial charge in [0.25, 0.3) is 0 Å². The zero-order valence-corrected chi connectivity index (χ0v) is 9.57. The zero-order valence-electron chi connectivity index (χ0n) is 8.00. The van der Waals surface area contributed by atoms with Crippen LogP contribution in [0.3, 0.4) is 0 Å². The molecule has 3 N–H and O–H groups in total. The molecule has 1 amide bonds. The number of carbonyl (C=O) groups is 1. The van der Waals surface area contributed by atoms with Crippen molar-refractivity contribution >= 4 is 29.5 Å². The largest absolute Gasteiger partial charge is 0.366 e. The van der Waals surface area contributed by atoms with Crippen molar-refractivity contribution in [1.29, 1.82) is 0 Å². The minimum atomic E-state index is -0.492. The van der Waals surface area contributed by atoms with Gasteiger partial charge in [0.1, 0.15) is 0 Å². The number of amides is 1. The Balaban J connectivity index is 2.10. The van der Waals surface area contributed by atoms with E-state index in [4.69, 9.17) is 17.3 Å². The second-order valence-electron chi connectivity index (χ2n) is 3.50. The zero-order chi connectivity index (χ0) is 10.8. The number of nitrogens with two attached hydrogens (primary N) is 1. The first-order chi connectivity index (χ1) is 7.16. The molecule has 0 spiro atoms. The van der Waals surface area contributed by atoms with Gasteiger partial charge in [-0.3, -0.25) is 9.52 Å². The Kier molecular flexibility index (Phi) is 3.19. The number of nitrogens with one attached hydrogen (secondary N) is 1. The number of carbonyl (C=O) groups excluding carboxylic acids is 1. The minimum absolute atomic E-state index is 0.374. The Bertz CT molecular complexity index is 393. The maximum absolute atomic E-state index is 11.0. The monoisotopic (exact) mass is 242 g/mol. The van der Waals surface area contributed by atoms with Crippen molar-refractivity contribution < 1.29 is 4.79 Å². The number of primary amides is 1. The fourth-order valence-corrected chi connectivity index (χ4v) is 2.17. The van der Waals surface area contributed by atoms with Gasteiger partial charge in [-0.1, -0.05) is 11.6 Å². The molecule has 0 bridgehead atoms. The summed E-state index contributed by atoms with van der Waals surface area (Å²) >= 11 is 7.35. The lowest BCUT2D eigenvalue weighted by molar-refractivity contribution is 0.1000. The number of rotatable bonds is 4. The fraction of sp³-hybridized carbons (Fsp3) is 0.300. The molecule has 0 saturated heterocycles. The Labute approximate surface area is 97.5 Å². The predicted molar refractivity (Wildman–Crippen MR) is 62.0 cm³/mol. The van der Waals surface area contributed by atoms with Crippen molar-refractivity contribution in [2.24, 2.45) is 5.73 Å². The van der Waals surface area contributed by atoms with Gasteiger partial charge in [-0.25, -0.2) is 0 Å². The average Bonchev–Trinajstić information content (AvgIpc) is 3.00. The van der Waals surface area contributed by atoms with Crippen LogP contribution in [0, 0.1) is 0 Å². The van der Waals surface area contributed by atoms with Crippen molar-refractivity contribution in [2.75, 3.05) is 0 Å². The van der Waals surface area contributed by atoms with Gasteiger partial charge in [0.2, 0.25) is 5.91 Å². The third-order valence-corrected chi connectivity index (χ3v) is 3.39. The van der Waals surface area contributed by atoms with Crippen LogP contribution in [0.15, 0.2) is 23.1 Å². The van der Waals surface area contributed by atoms with Crippen LogP contribution in [0.5, 0.6) is 0 Å². The van der Waals surface area contributed by atoms with Crippen LogP contribution in [0.1, 0.15) is 23.2 Å². The number of halogens is 1. The SMILES string of the molecule is NC(=O)c1cc(SNC2CC2)ccc1Cl. The van der Waals surface area contributed by atoms with Crippen molar-refractivity contribution in [3.63, 3.8) is 0 Å². The van der Waals surface area contributed by atoms with E-state index in [1.807, 2.05) is 6.07 Å². The highest BCUT2D eigenvalue weighted by Crippen LogP contribution is 2.27. The lowest BCUT2D eigenvalue weighted by atomic mass is 10.2. The van der Waals surface area contributed by atoms with Crippen molar-refractivity contribution in [2.45, 2.75) is 23.8 Å². The van der Waals surface area contributed by atoms with Crippen molar-refractivity contribution in [3.05, 3.63) is 28.8 Å². The van der Waals surface area contributed by atoms with Crippen molar-refractivity contribution in [1.82, 2.24) is 4.72 Å². The Hall–Kier alpha value is -0.710. The van der Waals surface area contributed by atoms with Gasteiger partial charge >= 0.3 is 0 Å². The Morgan fingerprint density at radius 2 is 2.27 bits per heavy atom. The van der Waals surface area contributed by atoms with Gasteiger partial charge in [-0.15, -0.1) is 0 Å². The molecule has 0 aromatic heterocycles. The van der Waals surface area contributed by atoms with E-state index in [-0.39, 0.29) is 0 Å². The number of hydrogen-bond acceptors (Lipinski definition) is 3. The van der Waals surface area contributed by atoms with Crippen LogP contribution in [0.2, 0.25) is 5.02 Å². The highest BCUT2D eigenvalue weighted by atomic mass is 35.5. The lowest BCUT2D eigenvalue weighted by Gasteiger charge is -2.05. The number of benzene rings is 1. The molecule has 15 heavy (non-hydrogen) atoms. The second kappa shape index (κ2) is 4.43. The predicted octanol–water partition coefficient (Wildman–Crippen LogP) is 2.20. The van der Waals surface area contributed by atoms with Gasteiger partial charge in [-0.05, 0) is 43.0 Å². The smallest absolute Gasteiger partial charge is 0.250 e. The average molecular weight is 243 g/mol. The summed E-state index contributed by atoms with van der Waals surface area (Å²) in [6, 6.07) is 5.89. The van der Waals surface area contributed by atoms with Gasteiger partial charge < -0.3 is 5.73 Å². The molecule has 0 radical (unpaired) electrons. The van der Waals surface area contributed by atoms with Crippen LogP contribution in [0.25, 0.3) is 0 Å². The molecule has 0 aliphatic heterocycles. The van der Waals surface area contributed by atoms with E-state index in [0.29, 0.717) is 16.6 Å². The molecule has 2 rings (SSSR count). The first kappa shape index (κ1) is 10.8. The van der Waals surface area contributed by atoms with E-state index >= 15 is 0 Å². The third-order valence-electron chi connectivity index (χ3n) is 2.12. The van der Waals surface area contributed by atoms with E-state index in [1.54, 1.807) is 12.1 Å². The molecule has 0 unspecified atom stereocenters. The molecule has 1 aliphatic rings. The summed E-state index contributed by atoms with van der Waals surface area (Å²) in [4.78, 5) is 12.0. The first-order valence-corrected chi connectivity index (χ1v) is 5.88. The summed E-state index contributed by atoms with van der Waals surface area (Å²) in [5.74, 6) is -0.492. The first-order valence-electron chi connectivity index (χ1n) is 4.68. The van der Waals surface area contributed by atoms with Gasteiger partial charge in [0.15, 0.2) is 0 Å². The van der Waals surface area contributed by atoms with Gasteiger partial charge in [0, 0.05) is 10.9 Å². The number of hydrogen-bond donors (Lipinski definition) is 2. The summed E-state index contributed by atoms with van der Waals surface area (Å²) in [6.07, 6.45) is 2.45. The molecule has 80 valence electrons. The molecular weight excluding hydrogens is 232 g/mol. The Morgan fingerprint density at radius 1 is 1.53 bits per heavy atom. The second-order valence-corrected chi connectivity index (χ2v) is 4.82. The van der Waals surface area contributed by atoms with E-state index in [2.05, 4.69) is 4.72 Å². The molecule has 5 heteroatoms. The normalized spacial score (nSPS) is 15.3. The highest BCUT2D eigenvalue weighted by molar-refractivity contribution is 7.97. The molecular formula is C10H11ClN2OS. The van der Waals surface area contributed by atoms with Crippen LogP contribution in [-0.4, -0.2) is 11.9 Å². The molecule has 3 nitrogen and oxygen atoms in total. The third kappa shape index (κ3) is 2.87. The fourth-order valence-electron chi connectivity index (χ4n) is 1.11. The molecule has 0 heterocycles. The maximum Gasteiger partial charge on any atom is 0.250 e. The van der Waals surface area contributed by atoms with E-state index in [1.165, 1.54) is 24.8 Å². The van der Waals surface area contributed by atoms with E-state index in [0.717, 1.165) is 4.90 Å². The van der Waals surface area contributed by atoms with E-state index < -0.39 is 5.91 Å². The minimum Gasteiger partial charge on any atom is -0.366 e. The van der Waals surface area contributed by atoms with Crippen LogP contribution in [-0.2, 0) is 0 Å². The Morgan fingerprint density at radius 3 is 2.87 bits per heavy atom. The molecule has 1 saturated carbocycles. The lowest BCUT2D eigenvalue weighted by Crippen LogP contribution is -2.12. The molecule has 1 aromatic rings. The molecule has 1 aromatic carbocycles. The standard InChI is InChI=1S/C10H11ClN2OS/c11-9-4-3-7(5-8(9)10(12)14)15-13-6-1-2-6/h3-6,13H,1-2H2,(H2,12,14). The molecule has 1 fully saturated rings. The van der Waals surface area contributed by atoms with Crippen LogP contribution >= 0.6 is 23.5 Å².